The Labute approximate surface area is 206 Å². The van der Waals surface area contributed by atoms with Crippen molar-refractivity contribution in [2.45, 2.75) is 13.1 Å². The first-order chi connectivity index (χ1) is 17.0. The van der Waals surface area contributed by atoms with Gasteiger partial charge in [0.2, 0.25) is 5.95 Å². The molecule has 178 valence electrons. The van der Waals surface area contributed by atoms with Gasteiger partial charge in [0.1, 0.15) is 6.29 Å². The Morgan fingerprint density at radius 2 is 1.63 bits per heavy atom. The summed E-state index contributed by atoms with van der Waals surface area (Å²) in [5.41, 5.74) is 5.20. The maximum absolute atomic E-state index is 11.2. The number of carbonyl (C=O) groups excluding carboxylic acids is 1. The van der Waals surface area contributed by atoms with E-state index in [-0.39, 0.29) is 0 Å². The summed E-state index contributed by atoms with van der Waals surface area (Å²) in [6.07, 6.45) is 3.14. The first-order valence-corrected chi connectivity index (χ1v) is 12.0. The van der Waals surface area contributed by atoms with Crippen molar-refractivity contribution >= 4 is 23.3 Å². The first kappa shape index (κ1) is 23.1. The molecule has 1 fully saturated rings. The lowest BCUT2D eigenvalue weighted by Crippen LogP contribution is -2.53. The van der Waals surface area contributed by atoms with E-state index >= 15 is 0 Å². The molecule has 35 heavy (non-hydrogen) atoms. The van der Waals surface area contributed by atoms with Crippen LogP contribution in [0.15, 0.2) is 66.9 Å². The molecule has 0 saturated carbocycles. The normalized spacial score (nSPS) is 15.5. The summed E-state index contributed by atoms with van der Waals surface area (Å²) in [7, 11) is 4.23. The number of nitrogens with zero attached hydrogens (tertiary/aromatic N) is 6. The largest absolute Gasteiger partial charge is 0.338 e. The average Bonchev–Trinajstić information content (AvgIpc) is 2.92. The summed E-state index contributed by atoms with van der Waals surface area (Å²) >= 11 is 0. The second-order valence-electron chi connectivity index (χ2n) is 9.19. The van der Waals surface area contributed by atoms with E-state index in [0.717, 1.165) is 66.2 Å². The molecule has 0 N–H and O–H groups in total. The lowest BCUT2D eigenvalue weighted by molar-refractivity contribution is 0.0876. The van der Waals surface area contributed by atoms with E-state index in [1.807, 2.05) is 48.7 Å². The quantitative estimate of drug-likeness (QED) is 0.395. The molecule has 1 aliphatic rings. The van der Waals surface area contributed by atoms with Crippen LogP contribution in [0.25, 0.3) is 33.4 Å². The van der Waals surface area contributed by atoms with Crippen LogP contribution in [-0.4, -0.2) is 77.5 Å². The van der Waals surface area contributed by atoms with Crippen LogP contribution >= 0.6 is 0 Å². The van der Waals surface area contributed by atoms with Gasteiger partial charge in [-0.05, 0) is 32.6 Å². The number of carbonyl (C=O) groups is 1. The van der Waals surface area contributed by atoms with E-state index in [1.165, 1.54) is 0 Å². The second-order valence-corrected chi connectivity index (χ2v) is 9.19. The van der Waals surface area contributed by atoms with Gasteiger partial charge in [0, 0.05) is 54.5 Å². The van der Waals surface area contributed by atoms with Crippen molar-refractivity contribution in [1.29, 1.82) is 0 Å². The number of rotatable bonds is 6. The fourth-order valence-electron chi connectivity index (χ4n) is 4.51. The van der Waals surface area contributed by atoms with Crippen molar-refractivity contribution < 1.29 is 4.79 Å². The van der Waals surface area contributed by atoms with E-state index in [2.05, 4.69) is 53.9 Å². The van der Waals surface area contributed by atoms with Crippen LogP contribution in [0.4, 0.5) is 5.95 Å². The summed E-state index contributed by atoms with van der Waals surface area (Å²) in [5, 5.41) is 0.903. The van der Waals surface area contributed by atoms with Crippen LogP contribution < -0.4 is 4.90 Å². The molecule has 5 rings (SSSR count). The van der Waals surface area contributed by atoms with E-state index < -0.39 is 0 Å². The van der Waals surface area contributed by atoms with Crippen LogP contribution in [0.1, 0.15) is 17.3 Å². The monoisotopic (exact) mass is 466 g/mol. The maximum atomic E-state index is 11.2. The van der Waals surface area contributed by atoms with Crippen molar-refractivity contribution in [1.82, 2.24) is 24.8 Å². The zero-order valence-corrected chi connectivity index (χ0v) is 20.4. The molecule has 0 bridgehead atoms. The number of pyridine rings is 1. The molecule has 3 heterocycles. The van der Waals surface area contributed by atoms with E-state index in [4.69, 9.17) is 15.0 Å². The van der Waals surface area contributed by atoms with Crippen LogP contribution in [0.2, 0.25) is 0 Å². The highest BCUT2D eigenvalue weighted by Gasteiger charge is 2.24. The molecular weight excluding hydrogens is 436 g/mol. The van der Waals surface area contributed by atoms with Crippen LogP contribution in [0, 0.1) is 0 Å². The molecule has 2 aromatic carbocycles. The second kappa shape index (κ2) is 9.90. The molecule has 1 aliphatic heterocycles. The smallest absolute Gasteiger partial charge is 0.227 e. The SMILES string of the molecule is CC(N(C)C)N1CCN(c2ncc3cc(-c4ccccc4)c(-c4ccc(C=O)cc4)nc3n2)CC1. The van der Waals surface area contributed by atoms with Crippen molar-refractivity contribution in [3.8, 4) is 22.4 Å². The summed E-state index contributed by atoms with van der Waals surface area (Å²) in [5.74, 6) is 0.719. The van der Waals surface area contributed by atoms with E-state index in [9.17, 15) is 4.79 Å². The number of aromatic nitrogens is 3. The molecule has 1 saturated heterocycles. The molecule has 0 radical (unpaired) electrons. The minimum absolute atomic E-state index is 0.404. The number of fused-ring (bicyclic) bond motifs is 1. The molecule has 7 heteroatoms. The van der Waals surface area contributed by atoms with Crippen molar-refractivity contribution in [2.24, 2.45) is 0 Å². The lowest BCUT2D eigenvalue weighted by atomic mass is 9.98. The number of benzene rings is 2. The van der Waals surface area contributed by atoms with Crippen molar-refractivity contribution in [2.75, 3.05) is 45.2 Å². The topological polar surface area (TPSA) is 65.5 Å². The Morgan fingerprint density at radius 3 is 2.29 bits per heavy atom. The third kappa shape index (κ3) is 4.78. The van der Waals surface area contributed by atoms with Gasteiger partial charge in [0.15, 0.2) is 5.65 Å². The number of aldehydes is 1. The van der Waals surface area contributed by atoms with Gasteiger partial charge in [-0.3, -0.25) is 14.6 Å². The predicted molar refractivity (Wildman–Crippen MR) is 141 cm³/mol. The van der Waals surface area contributed by atoms with E-state index in [0.29, 0.717) is 17.4 Å². The van der Waals surface area contributed by atoms with Crippen LogP contribution in [0.3, 0.4) is 0 Å². The Balaban J connectivity index is 1.51. The van der Waals surface area contributed by atoms with Crippen LogP contribution in [0.5, 0.6) is 0 Å². The molecule has 1 atom stereocenters. The predicted octanol–water partition coefficient (Wildman–Crippen LogP) is 4.20. The summed E-state index contributed by atoms with van der Waals surface area (Å²) < 4.78 is 0. The van der Waals surface area contributed by atoms with Gasteiger partial charge in [-0.15, -0.1) is 0 Å². The Hall–Kier alpha value is -3.68. The molecule has 7 nitrogen and oxygen atoms in total. The standard InChI is InChI=1S/C28H30N6O/c1-20(32(2)3)33-13-15-34(16-14-33)28-29-18-24-17-25(22-7-5-4-6-8-22)26(30-27(24)31-28)23-11-9-21(19-35)10-12-23/h4-12,17-20H,13-16H2,1-3H3. The van der Waals surface area contributed by atoms with Crippen molar-refractivity contribution in [3.63, 3.8) is 0 Å². The summed E-state index contributed by atoms with van der Waals surface area (Å²) in [6, 6.07) is 19.8. The number of hydrogen-bond acceptors (Lipinski definition) is 7. The number of piperazine rings is 1. The fraction of sp³-hybridized carbons (Fsp3) is 0.286. The first-order valence-electron chi connectivity index (χ1n) is 12.0. The van der Waals surface area contributed by atoms with Crippen LogP contribution in [-0.2, 0) is 0 Å². The highest BCUT2D eigenvalue weighted by atomic mass is 16.1. The van der Waals surface area contributed by atoms with Gasteiger partial charge in [0.05, 0.1) is 11.9 Å². The summed E-state index contributed by atoms with van der Waals surface area (Å²) in [4.78, 5) is 32.7. The molecule has 0 amide bonds. The molecule has 1 unspecified atom stereocenters. The Kier molecular flexibility index (Phi) is 6.53. The zero-order valence-electron chi connectivity index (χ0n) is 20.4. The van der Waals surface area contributed by atoms with Gasteiger partial charge in [-0.2, -0.15) is 4.98 Å². The number of hydrogen-bond donors (Lipinski definition) is 0. The third-order valence-electron chi connectivity index (χ3n) is 6.83. The lowest BCUT2D eigenvalue weighted by Gasteiger charge is -2.40. The average molecular weight is 467 g/mol. The van der Waals surface area contributed by atoms with Gasteiger partial charge in [-0.25, -0.2) is 9.97 Å². The molecule has 0 aliphatic carbocycles. The molecular formula is C28H30N6O. The third-order valence-corrected chi connectivity index (χ3v) is 6.83. The highest BCUT2D eigenvalue weighted by molar-refractivity contribution is 5.90. The van der Waals surface area contributed by atoms with Gasteiger partial charge >= 0.3 is 0 Å². The minimum Gasteiger partial charge on any atom is -0.338 e. The Bertz CT molecular complexity index is 1310. The van der Waals surface area contributed by atoms with Gasteiger partial charge in [0.25, 0.3) is 0 Å². The molecule has 4 aromatic rings. The number of anilines is 1. The Morgan fingerprint density at radius 1 is 0.914 bits per heavy atom. The molecule has 2 aromatic heterocycles. The van der Waals surface area contributed by atoms with E-state index in [1.54, 1.807) is 0 Å². The molecule has 0 spiro atoms. The zero-order chi connectivity index (χ0) is 24.4. The maximum Gasteiger partial charge on any atom is 0.227 e. The van der Waals surface area contributed by atoms with Gasteiger partial charge in [-0.1, -0.05) is 54.6 Å². The minimum atomic E-state index is 0.404. The summed E-state index contributed by atoms with van der Waals surface area (Å²) in [6.45, 7) is 5.93. The fourth-order valence-corrected chi connectivity index (χ4v) is 4.51. The van der Waals surface area contributed by atoms with Crippen molar-refractivity contribution in [3.05, 3.63) is 72.4 Å². The highest BCUT2D eigenvalue weighted by Crippen LogP contribution is 2.33. The van der Waals surface area contributed by atoms with Gasteiger partial charge < -0.3 is 4.90 Å².